The Morgan fingerprint density at radius 2 is 1.53 bits per heavy atom. The van der Waals surface area contributed by atoms with Crippen molar-refractivity contribution in [3.05, 3.63) is 40.4 Å². The molecule has 0 amide bonds. The van der Waals surface area contributed by atoms with Gasteiger partial charge in [0.2, 0.25) is 10.1 Å². The first-order valence-corrected chi connectivity index (χ1v) is 5.55. The second-order valence-electron chi connectivity index (χ2n) is 3.08. The van der Waals surface area contributed by atoms with Gasteiger partial charge in [-0.2, -0.15) is 0 Å². The summed E-state index contributed by atoms with van der Waals surface area (Å²) in [6.07, 6.45) is 0. The third-order valence-corrected chi connectivity index (χ3v) is 4.04. The molecule has 0 atom stereocenters. The van der Waals surface area contributed by atoms with Crippen LogP contribution in [0.5, 0.6) is 0 Å². The van der Waals surface area contributed by atoms with E-state index in [0.29, 0.717) is 11.1 Å². The number of allylic oxidation sites excluding steroid dienone is 1. The Hall–Kier alpha value is -0.210. The minimum absolute atomic E-state index is 0.0452. The lowest BCUT2D eigenvalue weighted by Gasteiger charge is -2.25. The van der Waals surface area contributed by atoms with Gasteiger partial charge in [-0.25, -0.2) is 0 Å². The maximum atomic E-state index is 11.9. The summed E-state index contributed by atoms with van der Waals surface area (Å²) >= 11 is 23.5. The van der Waals surface area contributed by atoms with Crippen molar-refractivity contribution in [2.45, 2.75) is 4.33 Å². The molecule has 0 fully saturated rings. The average Bonchev–Trinajstić information content (AvgIpc) is 2.24. The maximum absolute atomic E-state index is 11.9. The smallest absolute Gasteiger partial charge is 0.217 e. The number of alkyl halides is 2. The molecule has 78 valence electrons. The van der Waals surface area contributed by atoms with Gasteiger partial charge in [0.25, 0.3) is 0 Å². The van der Waals surface area contributed by atoms with Crippen molar-refractivity contribution in [2.75, 3.05) is 0 Å². The predicted octanol–water partition coefficient (Wildman–Crippen LogP) is 4.20. The van der Waals surface area contributed by atoms with Gasteiger partial charge in [0.1, 0.15) is 0 Å². The van der Waals surface area contributed by atoms with Crippen LogP contribution in [0.1, 0.15) is 15.9 Å². The molecule has 5 heteroatoms. The number of ketones is 1. The molecule has 0 saturated heterocycles. The Kier molecular flexibility index (Phi) is 2.76. The van der Waals surface area contributed by atoms with E-state index in [2.05, 4.69) is 0 Å². The van der Waals surface area contributed by atoms with Crippen LogP contribution in [0.2, 0.25) is 0 Å². The van der Waals surface area contributed by atoms with E-state index in [9.17, 15) is 4.79 Å². The van der Waals surface area contributed by atoms with E-state index in [-0.39, 0.29) is 10.1 Å². The fraction of sp³-hybridized carbons (Fsp3) is 0.100. The van der Waals surface area contributed by atoms with Crippen molar-refractivity contribution in [1.29, 1.82) is 0 Å². The number of hydrogen-bond acceptors (Lipinski definition) is 1. The maximum Gasteiger partial charge on any atom is 0.217 e. The molecule has 0 N–H and O–H groups in total. The van der Waals surface area contributed by atoms with Gasteiger partial charge in [-0.15, -0.1) is 0 Å². The van der Waals surface area contributed by atoms with E-state index < -0.39 is 10.1 Å². The third kappa shape index (κ3) is 1.58. The molecule has 0 aromatic heterocycles. The van der Waals surface area contributed by atoms with E-state index in [0.717, 1.165) is 0 Å². The number of carbonyl (C=O) groups is 1. The van der Waals surface area contributed by atoms with Crippen LogP contribution in [0, 0.1) is 0 Å². The highest BCUT2D eigenvalue weighted by Gasteiger charge is 2.44. The minimum atomic E-state index is -1.77. The summed E-state index contributed by atoms with van der Waals surface area (Å²) in [4.78, 5) is 11.9. The molecule has 0 spiro atoms. The summed E-state index contributed by atoms with van der Waals surface area (Å²) in [6.45, 7) is 0. The quantitative estimate of drug-likeness (QED) is 0.651. The summed E-state index contributed by atoms with van der Waals surface area (Å²) in [5, 5.41) is 0.174. The first kappa shape index (κ1) is 11.3. The molecule has 2 rings (SSSR count). The standard InChI is InChI=1S/C10H4Cl4O/c11-7-5-3-1-2-4-6(5)9(15)10(13,14)8(7)12/h1-4H. The summed E-state index contributed by atoms with van der Waals surface area (Å²) in [6, 6.07) is 6.78. The third-order valence-electron chi connectivity index (χ3n) is 2.16. The fourth-order valence-corrected chi connectivity index (χ4v) is 2.38. The van der Waals surface area contributed by atoms with E-state index in [1.807, 2.05) is 0 Å². The predicted molar refractivity (Wildman–Crippen MR) is 63.8 cm³/mol. The summed E-state index contributed by atoms with van der Waals surface area (Å²) in [7, 11) is 0. The van der Waals surface area contributed by atoms with Crippen molar-refractivity contribution in [3.63, 3.8) is 0 Å². The topological polar surface area (TPSA) is 17.1 Å². The minimum Gasteiger partial charge on any atom is -0.290 e. The van der Waals surface area contributed by atoms with Crippen LogP contribution in [0.4, 0.5) is 0 Å². The highest BCUT2D eigenvalue weighted by atomic mass is 35.5. The van der Waals surface area contributed by atoms with Gasteiger partial charge < -0.3 is 0 Å². The Labute approximate surface area is 107 Å². The first-order chi connectivity index (χ1) is 6.96. The van der Waals surface area contributed by atoms with Crippen molar-refractivity contribution in [1.82, 2.24) is 0 Å². The first-order valence-electron chi connectivity index (χ1n) is 4.04. The molecule has 0 unspecified atom stereocenters. The second kappa shape index (κ2) is 3.67. The largest absolute Gasteiger partial charge is 0.290 e. The Morgan fingerprint density at radius 3 is 2.13 bits per heavy atom. The number of halogens is 4. The zero-order valence-corrected chi connectivity index (χ0v) is 10.3. The van der Waals surface area contributed by atoms with Crippen LogP contribution in [0.25, 0.3) is 5.03 Å². The molecule has 1 aliphatic rings. The Bertz CT molecular complexity index is 476. The molecule has 1 aliphatic carbocycles. The van der Waals surface area contributed by atoms with Gasteiger partial charge in [-0.3, -0.25) is 4.79 Å². The molecule has 0 heterocycles. The van der Waals surface area contributed by atoms with Crippen LogP contribution >= 0.6 is 46.4 Å². The van der Waals surface area contributed by atoms with Crippen molar-refractivity contribution >= 4 is 57.2 Å². The monoisotopic (exact) mass is 280 g/mol. The molecule has 0 aliphatic heterocycles. The fourth-order valence-electron chi connectivity index (χ4n) is 1.40. The number of fused-ring (bicyclic) bond motifs is 1. The Balaban J connectivity index is 2.77. The van der Waals surface area contributed by atoms with Crippen LogP contribution in [-0.2, 0) is 0 Å². The van der Waals surface area contributed by atoms with Crippen LogP contribution < -0.4 is 0 Å². The number of carbonyl (C=O) groups excluding carboxylic acids is 1. The average molecular weight is 282 g/mol. The summed E-state index contributed by atoms with van der Waals surface area (Å²) in [5.41, 5.74) is 0.947. The normalized spacial score (nSPS) is 19.1. The van der Waals surface area contributed by atoms with Crippen molar-refractivity contribution in [3.8, 4) is 0 Å². The van der Waals surface area contributed by atoms with Gasteiger partial charge in [-0.05, 0) is 0 Å². The Morgan fingerprint density at radius 1 is 1.00 bits per heavy atom. The van der Waals surface area contributed by atoms with E-state index in [4.69, 9.17) is 46.4 Å². The lowest BCUT2D eigenvalue weighted by atomic mass is 9.95. The lowest BCUT2D eigenvalue weighted by Crippen LogP contribution is -2.31. The summed E-state index contributed by atoms with van der Waals surface area (Å²) < 4.78 is -1.77. The zero-order valence-electron chi connectivity index (χ0n) is 7.23. The lowest BCUT2D eigenvalue weighted by molar-refractivity contribution is 0.0984. The van der Waals surface area contributed by atoms with Gasteiger partial charge in [0, 0.05) is 11.1 Å². The second-order valence-corrected chi connectivity index (χ2v) is 5.16. The molecule has 15 heavy (non-hydrogen) atoms. The molecule has 0 bridgehead atoms. The highest BCUT2D eigenvalue weighted by Crippen LogP contribution is 2.47. The number of Topliss-reactive ketones (excluding diaryl/α,β-unsaturated/α-hetero) is 1. The number of hydrogen-bond donors (Lipinski definition) is 0. The van der Waals surface area contributed by atoms with Gasteiger partial charge >= 0.3 is 0 Å². The van der Waals surface area contributed by atoms with Crippen LogP contribution in [0.15, 0.2) is 29.3 Å². The number of benzene rings is 1. The molecule has 1 aromatic rings. The SMILES string of the molecule is O=C1c2ccccc2C(Cl)=C(Cl)C1(Cl)Cl. The van der Waals surface area contributed by atoms with Gasteiger partial charge in [-0.1, -0.05) is 70.7 Å². The van der Waals surface area contributed by atoms with Crippen molar-refractivity contribution < 1.29 is 4.79 Å². The number of rotatable bonds is 0. The van der Waals surface area contributed by atoms with E-state index >= 15 is 0 Å². The molecule has 1 nitrogen and oxygen atoms in total. The molecular weight excluding hydrogens is 278 g/mol. The van der Waals surface area contributed by atoms with Crippen LogP contribution in [0.3, 0.4) is 0 Å². The van der Waals surface area contributed by atoms with E-state index in [1.54, 1.807) is 24.3 Å². The molecule has 0 radical (unpaired) electrons. The molecule has 0 saturated carbocycles. The van der Waals surface area contributed by atoms with E-state index in [1.165, 1.54) is 0 Å². The molecule has 1 aromatic carbocycles. The molecular formula is C10H4Cl4O. The highest BCUT2D eigenvalue weighted by molar-refractivity contribution is 6.71. The summed E-state index contributed by atoms with van der Waals surface area (Å²) in [5.74, 6) is -0.448. The van der Waals surface area contributed by atoms with Crippen molar-refractivity contribution in [2.24, 2.45) is 0 Å². The van der Waals surface area contributed by atoms with Gasteiger partial charge in [0.15, 0.2) is 0 Å². The zero-order chi connectivity index (χ0) is 11.2. The van der Waals surface area contributed by atoms with Crippen LogP contribution in [-0.4, -0.2) is 10.1 Å². The van der Waals surface area contributed by atoms with Gasteiger partial charge in [0.05, 0.1) is 10.1 Å².